The van der Waals surface area contributed by atoms with Crippen molar-refractivity contribution >= 4 is 10.0 Å². The lowest BCUT2D eigenvalue weighted by molar-refractivity contribution is 0.379. The normalized spacial score (nSPS) is 13.8. The summed E-state index contributed by atoms with van der Waals surface area (Å²) in [6, 6.07) is -0.109. The van der Waals surface area contributed by atoms with Gasteiger partial charge >= 0.3 is 0 Å². The van der Waals surface area contributed by atoms with Crippen LogP contribution in [-0.2, 0) is 16.6 Å². The Balaban J connectivity index is 2.57. The fourth-order valence-electron chi connectivity index (χ4n) is 1.82. The topological polar surface area (TPSA) is 79.3 Å². The van der Waals surface area contributed by atoms with Crippen molar-refractivity contribution in [2.45, 2.75) is 37.8 Å². The average Bonchev–Trinajstić information content (AvgIpc) is 2.86. The first kappa shape index (κ1) is 18.1. The molecule has 1 aromatic heterocycles. The third-order valence-corrected chi connectivity index (χ3v) is 4.60. The van der Waals surface area contributed by atoms with Gasteiger partial charge in [0, 0.05) is 18.8 Å². The summed E-state index contributed by atoms with van der Waals surface area (Å²) in [5.41, 5.74) is 0. The second kappa shape index (κ2) is 8.47. The van der Waals surface area contributed by atoms with E-state index in [1.165, 1.54) is 6.20 Å². The molecule has 0 aliphatic carbocycles. The first-order valence-electron chi connectivity index (χ1n) is 7.25. The zero-order valence-corrected chi connectivity index (χ0v) is 14.2. The summed E-state index contributed by atoms with van der Waals surface area (Å²) in [7, 11) is 0.446. The van der Waals surface area contributed by atoms with Crippen LogP contribution in [0.1, 0.15) is 20.3 Å². The Bertz CT molecular complexity index is 512. The van der Waals surface area contributed by atoms with Crippen molar-refractivity contribution in [3.8, 4) is 0 Å². The molecule has 2 N–H and O–H groups in total. The molecule has 0 aromatic carbocycles. The molecule has 8 heteroatoms. The van der Waals surface area contributed by atoms with Gasteiger partial charge in [0.2, 0.25) is 10.0 Å². The van der Waals surface area contributed by atoms with Crippen LogP contribution in [0.4, 0.5) is 0 Å². The number of aromatic nitrogens is 2. The number of hydrogen-bond donors (Lipinski definition) is 2. The van der Waals surface area contributed by atoms with Crippen LogP contribution >= 0.6 is 0 Å². The maximum absolute atomic E-state index is 12.2. The van der Waals surface area contributed by atoms with Crippen molar-refractivity contribution in [3.63, 3.8) is 0 Å². The Kier molecular flexibility index (Phi) is 7.30. The largest absolute Gasteiger partial charge is 0.315 e. The Morgan fingerprint density at radius 3 is 2.76 bits per heavy atom. The van der Waals surface area contributed by atoms with Crippen LogP contribution in [0.25, 0.3) is 0 Å². The lowest BCUT2D eigenvalue weighted by Crippen LogP contribution is -2.34. The van der Waals surface area contributed by atoms with Crippen molar-refractivity contribution in [2.75, 3.05) is 33.7 Å². The number of likely N-dealkylation sites (N-methyl/N-ethyl adjacent to an activating group) is 1. The molecule has 0 saturated heterocycles. The van der Waals surface area contributed by atoms with E-state index in [0.717, 1.165) is 26.1 Å². The van der Waals surface area contributed by atoms with Crippen LogP contribution in [-0.4, -0.2) is 62.9 Å². The molecule has 0 aliphatic rings. The highest BCUT2D eigenvalue weighted by molar-refractivity contribution is 7.89. The summed E-state index contributed by atoms with van der Waals surface area (Å²) in [4.78, 5) is 2.25. The van der Waals surface area contributed by atoms with Gasteiger partial charge < -0.3 is 10.2 Å². The molecule has 0 bridgehead atoms. The second-order valence-electron chi connectivity index (χ2n) is 5.41. The predicted molar refractivity (Wildman–Crippen MR) is 83.7 cm³/mol. The van der Waals surface area contributed by atoms with E-state index in [4.69, 9.17) is 0 Å². The fraction of sp³-hybridized carbons (Fsp3) is 0.769. The molecule has 7 nitrogen and oxygen atoms in total. The highest BCUT2D eigenvalue weighted by Gasteiger charge is 2.19. The van der Waals surface area contributed by atoms with Gasteiger partial charge in [-0.05, 0) is 40.5 Å². The van der Waals surface area contributed by atoms with Crippen LogP contribution in [0.15, 0.2) is 17.3 Å². The summed E-state index contributed by atoms with van der Waals surface area (Å²) in [5.74, 6) is 0. The minimum absolute atomic E-state index is 0.109. The minimum atomic E-state index is -3.49. The molecule has 1 heterocycles. The SMILES string of the molecule is CCNCCn1cc(S(=O)(=O)NC(C)CCN(C)C)cn1. The summed E-state index contributed by atoms with van der Waals surface area (Å²) in [5, 5.41) is 7.26. The molecule has 1 rings (SSSR count). The van der Waals surface area contributed by atoms with Gasteiger partial charge in [-0.3, -0.25) is 4.68 Å². The summed E-state index contributed by atoms with van der Waals surface area (Å²) < 4.78 is 28.8. The fourth-order valence-corrected chi connectivity index (χ4v) is 3.05. The Morgan fingerprint density at radius 2 is 2.14 bits per heavy atom. The van der Waals surface area contributed by atoms with E-state index in [0.29, 0.717) is 6.54 Å². The number of nitrogens with one attached hydrogen (secondary N) is 2. The third kappa shape index (κ3) is 6.56. The Hall–Kier alpha value is -0.960. The van der Waals surface area contributed by atoms with Crippen molar-refractivity contribution in [1.29, 1.82) is 0 Å². The van der Waals surface area contributed by atoms with Crippen LogP contribution in [0.3, 0.4) is 0 Å². The van der Waals surface area contributed by atoms with Crippen molar-refractivity contribution in [1.82, 2.24) is 24.7 Å². The van der Waals surface area contributed by atoms with Crippen LogP contribution in [0, 0.1) is 0 Å². The third-order valence-electron chi connectivity index (χ3n) is 3.05. The summed E-state index contributed by atoms with van der Waals surface area (Å²) in [6.45, 7) is 7.04. The van der Waals surface area contributed by atoms with Crippen LogP contribution in [0.2, 0.25) is 0 Å². The van der Waals surface area contributed by atoms with Crippen molar-refractivity contribution < 1.29 is 8.42 Å². The average molecular weight is 317 g/mol. The van der Waals surface area contributed by atoms with Crippen molar-refractivity contribution in [2.24, 2.45) is 0 Å². The smallest absolute Gasteiger partial charge is 0.243 e. The van der Waals surface area contributed by atoms with Gasteiger partial charge in [0.15, 0.2) is 0 Å². The number of rotatable bonds is 10. The van der Waals surface area contributed by atoms with Gasteiger partial charge in [0.05, 0.1) is 12.7 Å². The molecule has 1 aromatic rings. The van der Waals surface area contributed by atoms with Crippen LogP contribution in [0.5, 0.6) is 0 Å². The Labute approximate surface area is 127 Å². The maximum Gasteiger partial charge on any atom is 0.243 e. The number of hydrogen-bond acceptors (Lipinski definition) is 5. The molecular weight excluding hydrogens is 290 g/mol. The highest BCUT2D eigenvalue weighted by Crippen LogP contribution is 2.08. The molecule has 0 saturated carbocycles. The van der Waals surface area contributed by atoms with E-state index >= 15 is 0 Å². The first-order chi connectivity index (χ1) is 9.85. The molecule has 0 spiro atoms. The van der Waals surface area contributed by atoms with E-state index in [1.807, 2.05) is 32.8 Å². The van der Waals surface area contributed by atoms with E-state index < -0.39 is 10.0 Å². The van der Waals surface area contributed by atoms with E-state index in [9.17, 15) is 8.42 Å². The highest BCUT2D eigenvalue weighted by atomic mass is 32.2. The van der Waals surface area contributed by atoms with Gasteiger partial charge in [0.25, 0.3) is 0 Å². The molecule has 21 heavy (non-hydrogen) atoms. The van der Waals surface area contributed by atoms with Gasteiger partial charge in [-0.25, -0.2) is 13.1 Å². The lowest BCUT2D eigenvalue weighted by Gasteiger charge is -2.16. The maximum atomic E-state index is 12.2. The van der Waals surface area contributed by atoms with Gasteiger partial charge in [-0.15, -0.1) is 0 Å². The monoisotopic (exact) mass is 317 g/mol. The van der Waals surface area contributed by atoms with Gasteiger partial charge in [-0.2, -0.15) is 5.10 Å². The lowest BCUT2D eigenvalue weighted by atomic mass is 10.2. The van der Waals surface area contributed by atoms with E-state index in [2.05, 4.69) is 15.1 Å². The molecule has 0 radical (unpaired) electrons. The zero-order chi connectivity index (χ0) is 15.9. The standard InChI is InChI=1S/C13H27N5O2S/c1-5-14-7-9-18-11-13(10-15-18)21(19,20)16-12(2)6-8-17(3)4/h10-12,14,16H,5-9H2,1-4H3. The van der Waals surface area contributed by atoms with E-state index in [1.54, 1.807) is 10.9 Å². The molecule has 0 fully saturated rings. The molecular formula is C13H27N5O2S. The summed E-state index contributed by atoms with van der Waals surface area (Å²) >= 11 is 0. The van der Waals surface area contributed by atoms with Gasteiger partial charge in [0.1, 0.15) is 4.90 Å². The van der Waals surface area contributed by atoms with Crippen molar-refractivity contribution in [3.05, 3.63) is 12.4 Å². The summed E-state index contributed by atoms with van der Waals surface area (Å²) in [6.07, 6.45) is 3.73. The molecule has 122 valence electrons. The number of nitrogens with zero attached hydrogens (tertiary/aromatic N) is 3. The second-order valence-corrected chi connectivity index (χ2v) is 7.12. The van der Waals surface area contributed by atoms with Gasteiger partial charge in [-0.1, -0.05) is 6.92 Å². The molecule has 0 amide bonds. The Morgan fingerprint density at radius 1 is 1.43 bits per heavy atom. The number of sulfonamides is 1. The molecule has 1 atom stereocenters. The minimum Gasteiger partial charge on any atom is -0.315 e. The predicted octanol–water partition coefficient (Wildman–Crippen LogP) is 0.111. The zero-order valence-electron chi connectivity index (χ0n) is 13.3. The van der Waals surface area contributed by atoms with Crippen LogP contribution < -0.4 is 10.0 Å². The molecule has 0 aliphatic heterocycles. The first-order valence-corrected chi connectivity index (χ1v) is 8.73. The molecule has 1 unspecified atom stereocenters. The van der Waals surface area contributed by atoms with E-state index in [-0.39, 0.29) is 10.9 Å². The quantitative estimate of drug-likeness (QED) is 0.599.